The molecule has 1 heterocycles. The number of piperazine rings is 1. The molecule has 1 aromatic rings. The Morgan fingerprint density at radius 3 is 2.79 bits per heavy atom. The lowest BCUT2D eigenvalue weighted by molar-refractivity contribution is -0.150. The number of benzene rings is 1. The highest BCUT2D eigenvalue weighted by atomic mass is 19.1. The molecule has 0 bridgehead atoms. The van der Waals surface area contributed by atoms with E-state index >= 15 is 0 Å². The molecular weight excluding hydrogens is 247 g/mol. The lowest BCUT2D eigenvalue weighted by Crippen LogP contribution is -2.57. The molecule has 19 heavy (non-hydrogen) atoms. The number of halogens is 1. The van der Waals surface area contributed by atoms with Crippen molar-refractivity contribution in [2.75, 3.05) is 6.54 Å². The van der Waals surface area contributed by atoms with Crippen LogP contribution in [0.2, 0.25) is 0 Å². The first-order valence-electron chi connectivity index (χ1n) is 6.35. The van der Waals surface area contributed by atoms with Gasteiger partial charge in [0.25, 0.3) is 0 Å². The Morgan fingerprint density at radius 2 is 2.16 bits per heavy atom. The zero-order valence-corrected chi connectivity index (χ0v) is 11.1. The van der Waals surface area contributed by atoms with Gasteiger partial charge in [-0.3, -0.25) is 19.8 Å². The van der Waals surface area contributed by atoms with Crippen LogP contribution in [0, 0.1) is 12.7 Å². The van der Waals surface area contributed by atoms with Gasteiger partial charge in [0.15, 0.2) is 0 Å². The lowest BCUT2D eigenvalue weighted by Gasteiger charge is -2.31. The maximum Gasteiger partial charge on any atom is 0.246 e. The minimum absolute atomic E-state index is 0.171. The van der Waals surface area contributed by atoms with Gasteiger partial charge in [-0.2, -0.15) is 0 Å². The number of hydrogen-bond acceptors (Lipinski definition) is 3. The quantitative estimate of drug-likeness (QED) is 0.839. The van der Waals surface area contributed by atoms with Crippen LogP contribution in [0.4, 0.5) is 4.39 Å². The topological polar surface area (TPSA) is 49.4 Å². The maximum atomic E-state index is 13.0. The number of nitrogens with one attached hydrogen (secondary N) is 1. The summed E-state index contributed by atoms with van der Waals surface area (Å²) >= 11 is 0. The minimum atomic E-state index is -0.314. The van der Waals surface area contributed by atoms with Gasteiger partial charge in [-0.15, -0.1) is 0 Å². The van der Waals surface area contributed by atoms with Crippen molar-refractivity contribution in [2.45, 2.75) is 32.9 Å². The van der Waals surface area contributed by atoms with Gasteiger partial charge in [0.1, 0.15) is 5.82 Å². The average Bonchev–Trinajstić information content (AvgIpc) is 2.37. The van der Waals surface area contributed by atoms with Crippen LogP contribution in [0.25, 0.3) is 0 Å². The molecule has 1 fully saturated rings. The molecule has 1 aliphatic rings. The van der Waals surface area contributed by atoms with E-state index in [1.165, 1.54) is 17.0 Å². The van der Waals surface area contributed by atoms with E-state index in [-0.39, 0.29) is 36.8 Å². The normalized spacial score (nSPS) is 19.9. The molecule has 1 aromatic carbocycles. The molecule has 1 saturated heterocycles. The molecule has 0 spiro atoms. The molecule has 1 atom stereocenters. The summed E-state index contributed by atoms with van der Waals surface area (Å²) < 4.78 is 13.0. The lowest BCUT2D eigenvalue weighted by atomic mass is 10.1. The van der Waals surface area contributed by atoms with Crippen molar-refractivity contribution in [1.29, 1.82) is 0 Å². The smallest absolute Gasteiger partial charge is 0.246 e. The van der Waals surface area contributed by atoms with Gasteiger partial charge in [0.05, 0.1) is 19.1 Å². The molecule has 0 aromatic heterocycles. The molecule has 4 nitrogen and oxygen atoms in total. The van der Waals surface area contributed by atoms with Crippen LogP contribution in [-0.4, -0.2) is 29.3 Å². The molecule has 2 rings (SSSR count). The summed E-state index contributed by atoms with van der Waals surface area (Å²) in [5.74, 6) is -0.758. The third-order valence-corrected chi connectivity index (χ3v) is 3.41. The van der Waals surface area contributed by atoms with Crippen molar-refractivity contribution >= 4 is 11.8 Å². The average molecular weight is 264 g/mol. The second-order valence-corrected chi connectivity index (χ2v) is 4.73. The Hall–Kier alpha value is -1.75. The first-order chi connectivity index (χ1) is 9.02. The van der Waals surface area contributed by atoms with Gasteiger partial charge >= 0.3 is 0 Å². The molecule has 1 aliphatic heterocycles. The number of aryl methyl sites for hydroxylation is 1. The van der Waals surface area contributed by atoms with Crippen LogP contribution in [0.15, 0.2) is 18.2 Å². The van der Waals surface area contributed by atoms with Gasteiger partial charge in [-0.1, -0.05) is 13.0 Å². The number of carbonyl (C=O) groups is 2. The highest BCUT2D eigenvalue weighted by molar-refractivity contribution is 6.01. The largest absolute Gasteiger partial charge is 0.297 e. The fraction of sp³-hybridized carbons (Fsp3) is 0.429. The van der Waals surface area contributed by atoms with Crippen molar-refractivity contribution < 1.29 is 14.0 Å². The van der Waals surface area contributed by atoms with E-state index in [0.29, 0.717) is 6.42 Å². The van der Waals surface area contributed by atoms with E-state index in [4.69, 9.17) is 0 Å². The number of nitrogens with zero attached hydrogens (tertiary/aromatic N) is 1. The molecule has 1 unspecified atom stereocenters. The molecule has 0 radical (unpaired) electrons. The van der Waals surface area contributed by atoms with Crippen molar-refractivity contribution in [3.8, 4) is 0 Å². The van der Waals surface area contributed by atoms with E-state index in [2.05, 4.69) is 5.32 Å². The number of hydrogen-bond donors (Lipinski definition) is 1. The fourth-order valence-electron chi connectivity index (χ4n) is 2.20. The van der Waals surface area contributed by atoms with E-state index < -0.39 is 0 Å². The Balaban J connectivity index is 2.20. The first-order valence-corrected chi connectivity index (χ1v) is 6.35. The van der Waals surface area contributed by atoms with Crippen LogP contribution >= 0.6 is 0 Å². The molecule has 2 amide bonds. The zero-order valence-electron chi connectivity index (χ0n) is 11.1. The van der Waals surface area contributed by atoms with Gasteiger partial charge in [-0.05, 0) is 36.6 Å². The number of carbonyl (C=O) groups excluding carboxylic acids is 2. The summed E-state index contributed by atoms with van der Waals surface area (Å²) in [6.45, 7) is 4.05. The molecule has 102 valence electrons. The maximum absolute atomic E-state index is 13.0. The van der Waals surface area contributed by atoms with E-state index in [1.807, 2.05) is 6.92 Å². The van der Waals surface area contributed by atoms with Crippen molar-refractivity contribution in [3.63, 3.8) is 0 Å². The molecule has 0 aliphatic carbocycles. The van der Waals surface area contributed by atoms with E-state index in [1.54, 1.807) is 13.0 Å². The van der Waals surface area contributed by atoms with Gasteiger partial charge in [0, 0.05) is 0 Å². The standard InChI is InChI=1S/C14H17FN2O2/c1-3-12-14(19)17(13(18)7-16-12)8-10-4-5-11(15)6-9(10)2/h4-6,12,16H,3,7-8H2,1-2H3. The Morgan fingerprint density at radius 1 is 1.42 bits per heavy atom. The van der Waals surface area contributed by atoms with Gasteiger partial charge < -0.3 is 0 Å². The van der Waals surface area contributed by atoms with Crippen molar-refractivity contribution in [3.05, 3.63) is 35.1 Å². The Labute approximate surface area is 111 Å². The Kier molecular flexibility index (Phi) is 3.95. The number of imide groups is 1. The summed E-state index contributed by atoms with van der Waals surface area (Å²) in [6.07, 6.45) is 0.644. The SMILES string of the molecule is CCC1NCC(=O)N(Cc2ccc(F)cc2C)C1=O. The minimum Gasteiger partial charge on any atom is -0.297 e. The van der Waals surface area contributed by atoms with Crippen molar-refractivity contribution in [2.24, 2.45) is 0 Å². The van der Waals surface area contributed by atoms with Crippen LogP contribution in [0.5, 0.6) is 0 Å². The van der Waals surface area contributed by atoms with Crippen LogP contribution in [0.3, 0.4) is 0 Å². The zero-order chi connectivity index (χ0) is 14.0. The number of amides is 2. The van der Waals surface area contributed by atoms with E-state index in [9.17, 15) is 14.0 Å². The third-order valence-electron chi connectivity index (χ3n) is 3.41. The summed E-state index contributed by atoms with van der Waals surface area (Å²) in [5.41, 5.74) is 1.53. The fourth-order valence-corrected chi connectivity index (χ4v) is 2.20. The van der Waals surface area contributed by atoms with Crippen LogP contribution < -0.4 is 5.32 Å². The van der Waals surface area contributed by atoms with Crippen LogP contribution in [-0.2, 0) is 16.1 Å². The van der Waals surface area contributed by atoms with Gasteiger partial charge in [-0.25, -0.2) is 4.39 Å². The number of rotatable bonds is 3. The van der Waals surface area contributed by atoms with Crippen LogP contribution in [0.1, 0.15) is 24.5 Å². The van der Waals surface area contributed by atoms with Gasteiger partial charge in [0.2, 0.25) is 11.8 Å². The summed E-state index contributed by atoms with van der Waals surface area (Å²) in [4.78, 5) is 25.2. The predicted molar refractivity (Wildman–Crippen MR) is 68.8 cm³/mol. The predicted octanol–water partition coefficient (Wildman–Crippen LogP) is 1.37. The second kappa shape index (κ2) is 5.48. The van der Waals surface area contributed by atoms with Crippen molar-refractivity contribution in [1.82, 2.24) is 10.2 Å². The van der Waals surface area contributed by atoms with E-state index in [0.717, 1.165) is 11.1 Å². The summed E-state index contributed by atoms with van der Waals surface area (Å²) in [5, 5.41) is 2.91. The highest BCUT2D eigenvalue weighted by Crippen LogP contribution is 2.15. The summed E-state index contributed by atoms with van der Waals surface area (Å²) in [7, 11) is 0. The highest BCUT2D eigenvalue weighted by Gasteiger charge is 2.32. The molecule has 0 saturated carbocycles. The molecular formula is C14H17FN2O2. The Bertz CT molecular complexity index is 516. The molecule has 1 N–H and O–H groups in total. The monoisotopic (exact) mass is 264 g/mol. The molecule has 5 heteroatoms. The third kappa shape index (κ3) is 2.81. The second-order valence-electron chi connectivity index (χ2n) is 4.73. The summed E-state index contributed by atoms with van der Waals surface area (Å²) in [6, 6.07) is 4.06. The first kappa shape index (κ1) is 13.7.